The number of nitrogens with zero attached hydrogens (tertiary/aromatic N) is 2. The Labute approximate surface area is 101 Å². The summed E-state index contributed by atoms with van der Waals surface area (Å²) < 4.78 is 0. The number of aromatic amines is 1. The molecule has 0 unspecified atom stereocenters. The minimum atomic E-state index is 0. The van der Waals surface area contributed by atoms with Crippen molar-refractivity contribution in [1.29, 1.82) is 0 Å². The van der Waals surface area contributed by atoms with Crippen molar-refractivity contribution in [1.82, 2.24) is 15.4 Å². The smallest absolute Gasteiger partial charge is 0.112 e. The molecule has 0 saturated heterocycles. The van der Waals surface area contributed by atoms with Gasteiger partial charge in [-0.2, -0.15) is 0 Å². The zero-order chi connectivity index (χ0) is 6.10. The molecule has 46 valence electrons. The number of nitrogens with one attached hydrogen (secondary N) is 1. The molecular weight excluding hydrogens is 153 g/mol. The van der Waals surface area contributed by atoms with Crippen molar-refractivity contribution < 1.29 is 0 Å². The minimum Gasteiger partial charge on any atom is -0.258 e. The van der Waals surface area contributed by atoms with Gasteiger partial charge in [0.25, 0.3) is 0 Å². The van der Waals surface area contributed by atoms with E-state index in [1.54, 1.807) is 0 Å². The molecule has 3 nitrogen and oxygen atoms in total. The van der Waals surface area contributed by atoms with E-state index in [4.69, 9.17) is 0 Å². The van der Waals surface area contributed by atoms with Gasteiger partial charge in [0.15, 0.2) is 0 Å². The van der Waals surface area contributed by atoms with Crippen molar-refractivity contribution in [2.75, 3.05) is 0 Å². The van der Waals surface area contributed by atoms with Crippen LogP contribution in [0, 0.1) is 0 Å². The summed E-state index contributed by atoms with van der Waals surface area (Å²) in [6.07, 6.45) is 0. The van der Waals surface area contributed by atoms with Gasteiger partial charge in [0.2, 0.25) is 0 Å². The normalized spacial score (nSPS) is 9.20. The van der Waals surface area contributed by atoms with Gasteiger partial charge in [-0.25, -0.2) is 0 Å². The van der Waals surface area contributed by atoms with Crippen LogP contribution in [0.1, 0.15) is 0 Å². The van der Waals surface area contributed by atoms with Gasteiger partial charge in [0, 0.05) is 0 Å². The van der Waals surface area contributed by atoms with Gasteiger partial charge in [-0.05, 0) is 12.1 Å². The van der Waals surface area contributed by atoms with E-state index in [1.165, 1.54) is 0 Å². The Morgan fingerprint density at radius 1 is 1.20 bits per heavy atom. The summed E-state index contributed by atoms with van der Waals surface area (Å²) in [5.74, 6) is 0. The van der Waals surface area contributed by atoms with Crippen LogP contribution in [0.25, 0.3) is 11.0 Å². The molecule has 0 aliphatic rings. The third-order valence-corrected chi connectivity index (χ3v) is 1.23. The van der Waals surface area contributed by atoms with Gasteiger partial charge >= 0.3 is 51.4 Å². The third-order valence-electron chi connectivity index (χ3n) is 1.23. The van der Waals surface area contributed by atoms with E-state index in [0.717, 1.165) is 11.0 Å². The second-order valence-electron chi connectivity index (χ2n) is 1.83. The monoisotopic (exact) mass is 159 g/mol. The first kappa shape index (κ1) is 8.35. The number of hydrogen-bond acceptors (Lipinski definition) is 2. The molecule has 1 aromatic heterocycles. The van der Waals surface area contributed by atoms with Crippen LogP contribution in [0.3, 0.4) is 0 Å². The van der Waals surface area contributed by atoms with Crippen LogP contribution in [-0.4, -0.2) is 66.8 Å². The fraction of sp³-hybridized carbons (Fsp3) is 0. The minimum absolute atomic E-state index is 0. The van der Waals surface area contributed by atoms with E-state index < -0.39 is 0 Å². The van der Waals surface area contributed by atoms with Crippen LogP contribution in [0.5, 0.6) is 0 Å². The van der Waals surface area contributed by atoms with Crippen molar-refractivity contribution in [2.24, 2.45) is 0 Å². The predicted molar refractivity (Wildman–Crippen MR) is 41.0 cm³/mol. The largest absolute Gasteiger partial charge is 0.258 e. The maximum absolute atomic E-state index is 3.81. The van der Waals surface area contributed by atoms with E-state index in [2.05, 4.69) is 15.4 Å². The number of para-hydroxylation sites is 1. The molecule has 0 spiro atoms. The van der Waals surface area contributed by atoms with Crippen molar-refractivity contribution >= 4 is 62.4 Å². The summed E-state index contributed by atoms with van der Waals surface area (Å²) in [6.45, 7) is 0. The van der Waals surface area contributed by atoms with Crippen molar-refractivity contribution in [3.05, 3.63) is 24.3 Å². The standard InChI is InChI=1S/C6H5N3.K.H/c1-2-4-6-5(3-1)7-9-8-6;;/h1-4H,(H,7,8,9);;. The van der Waals surface area contributed by atoms with Gasteiger partial charge < -0.3 is 0 Å². The summed E-state index contributed by atoms with van der Waals surface area (Å²) in [7, 11) is 0. The molecule has 2 aromatic rings. The Hall–Kier alpha value is 0.256. The second kappa shape index (κ2) is 3.59. The molecule has 1 aromatic carbocycles. The summed E-state index contributed by atoms with van der Waals surface area (Å²) >= 11 is 0. The molecule has 0 radical (unpaired) electrons. The van der Waals surface area contributed by atoms with Gasteiger partial charge in [-0.15, -0.1) is 5.10 Å². The topological polar surface area (TPSA) is 41.6 Å². The molecule has 0 saturated carbocycles. The van der Waals surface area contributed by atoms with Gasteiger partial charge in [0.05, 0.1) is 5.52 Å². The average molecular weight is 159 g/mol. The molecule has 1 N–H and O–H groups in total. The first-order valence-corrected chi connectivity index (χ1v) is 2.72. The Morgan fingerprint density at radius 2 is 2.00 bits per heavy atom. The fourth-order valence-corrected chi connectivity index (χ4v) is 0.788. The molecule has 0 bridgehead atoms. The number of aromatic nitrogens is 3. The summed E-state index contributed by atoms with van der Waals surface area (Å²) in [5, 5.41) is 10.2. The van der Waals surface area contributed by atoms with E-state index in [0.29, 0.717) is 0 Å². The number of benzene rings is 1. The molecule has 0 aliphatic carbocycles. The number of H-pyrrole nitrogens is 1. The summed E-state index contributed by atoms with van der Waals surface area (Å²) in [5.41, 5.74) is 1.90. The first-order valence-electron chi connectivity index (χ1n) is 2.72. The van der Waals surface area contributed by atoms with E-state index in [9.17, 15) is 0 Å². The Bertz CT molecular complexity index is 287. The van der Waals surface area contributed by atoms with Gasteiger partial charge in [0.1, 0.15) is 5.52 Å². The number of rotatable bonds is 0. The molecule has 0 amide bonds. The van der Waals surface area contributed by atoms with Gasteiger partial charge in [-0.3, -0.25) is 5.10 Å². The molecular formula is C6H6KN3. The van der Waals surface area contributed by atoms with Gasteiger partial charge in [-0.1, -0.05) is 17.3 Å². The SMILES string of the molecule is [KH].c1ccc2[nH]nnc2c1. The first-order chi connectivity index (χ1) is 4.47. The quantitative estimate of drug-likeness (QED) is 0.562. The molecule has 0 aliphatic heterocycles. The Balaban J connectivity index is 0.000000500. The van der Waals surface area contributed by atoms with Crippen LogP contribution in [0.2, 0.25) is 0 Å². The predicted octanol–water partition coefficient (Wildman–Crippen LogP) is 0.309. The number of fused-ring (bicyclic) bond motifs is 1. The van der Waals surface area contributed by atoms with Crippen molar-refractivity contribution in [3.8, 4) is 0 Å². The molecule has 1 heterocycles. The zero-order valence-electron chi connectivity index (χ0n) is 4.70. The van der Waals surface area contributed by atoms with Crippen LogP contribution < -0.4 is 0 Å². The number of hydrogen-bond donors (Lipinski definition) is 1. The second-order valence-corrected chi connectivity index (χ2v) is 1.83. The van der Waals surface area contributed by atoms with E-state index >= 15 is 0 Å². The molecule has 0 atom stereocenters. The van der Waals surface area contributed by atoms with Crippen LogP contribution in [0.15, 0.2) is 24.3 Å². The van der Waals surface area contributed by atoms with Crippen LogP contribution in [-0.2, 0) is 0 Å². The van der Waals surface area contributed by atoms with Crippen molar-refractivity contribution in [2.45, 2.75) is 0 Å². The Kier molecular flexibility index (Phi) is 3.00. The van der Waals surface area contributed by atoms with Crippen LogP contribution in [0.4, 0.5) is 0 Å². The maximum atomic E-state index is 3.81. The molecule has 2 rings (SSSR count). The summed E-state index contributed by atoms with van der Waals surface area (Å²) in [6, 6.07) is 7.74. The fourth-order valence-electron chi connectivity index (χ4n) is 0.788. The third kappa shape index (κ3) is 1.46. The van der Waals surface area contributed by atoms with Crippen LogP contribution >= 0.6 is 0 Å². The molecule has 10 heavy (non-hydrogen) atoms. The molecule has 4 heteroatoms. The van der Waals surface area contributed by atoms with E-state index in [-0.39, 0.29) is 51.4 Å². The Morgan fingerprint density at radius 3 is 2.80 bits per heavy atom. The molecule has 0 fully saturated rings. The van der Waals surface area contributed by atoms with Crippen molar-refractivity contribution in [3.63, 3.8) is 0 Å². The zero-order valence-corrected chi connectivity index (χ0v) is 4.70. The average Bonchev–Trinajstić information content (AvgIpc) is 2.33. The van der Waals surface area contributed by atoms with E-state index in [1.807, 2.05) is 24.3 Å². The maximum Gasteiger partial charge on any atom is 0.112 e. The summed E-state index contributed by atoms with van der Waals surface area (Å²) in [4.78, 5) is 0.